The average molecular weight is 133 g/mol. The molecule has 0 aliphatic heterocycles. The molecule has 0 radical (unpaired) electrons. The van der Waals surface area contributed by atoms with Gasteiger partial charge in [0.25, 0.3) is 0 Å². The standard InChI is InChI=1S/C5H11NO3/c1-2-4(5(8)9)6-3-7/h3-5,8-9H,2H2,1H3,(H,6,7)/t4-/m0/s1. The molecule has 9 heavy (non-hydrogen) atoms. The summed E-state index contributed by atoms with van der Waals surface area (Å²) in [5.41, 5.74) is 0. The van der Waals surface area contributed by atoms with E-state index in [-0.39, 0.29) is 0 Å². The maximum Gasteiger partial charge on any atom is 0.207 e. The molecule has 54 valence electrons. The minimum atomic E-state index is -1.46. The molecule has 1 atom stereocenters. The third kappa shape index (κ3) is 3.05. The van der Waals surface area contributed by atoms with Crippen LogP contribution in [-0.4, -0.2) is 29.0 Å². The zero-order valence-electron chi connectivity index (χ0n) is 5.24. The fraction of sp³-hybridized carbons (Fsp3) is 0.800. The number of nitrogens with one attached hydrogen (secondary N) is 1. The van der Waals surface area contributed by atoms with E-state index in [1.807, 2.05) is 0 Å². The van der Waals surface area contributed by atoms with E-state index >= 15 is 0 Å². The molecule has 1 amide bonds. The van der Waals surface area contributed by atoms with Crippen LogP contribution in [0, 0.1) is 0 Å². The summed E-state index contributed by atoms with van der Waals surface area (Å²) in [5.74, 6) is 0. The van der Waals surface area contributed by atoms with E-state index in [1.54, 1.807) is 6.92 Å². The van der Waals surface area contributed by atoms with Gasteiger partial charge in [0.1, 0.15) is 0 Å². The quantitative estimate of drug-likeness (QED) is 0.334. The average Bonchev–Trinajstić information content (AvgIpc) is 1.82. The first-order chi connectivity index (χ1) is 4.22. The van der Waals surface area contributed by atoms with Crippen LogP contribution in [0.5, 0.6) is 0 Å². The third-order valence-electron chi connectivity index (χ3n) is 1.08. The van der Waals surface area contributed by atoms with E-state index in [0.29, 0.717) is 12.8 Å². The van der Waals surface area contributed by atoms with E-state index in [2.05, 4.69) is 5.32 Å². The van der Waals surface area contributed by atoms with Crippen molar-refractivity contribution in [2.24, 2.45) is 0 Å². The number of aliphatic hydroxyl groups excluding tert-OH is 1. The summed E-state index contributed by atoms with van der Waals surface area (Å²) in [5, 5.41) is 19.2. The van der Waals surface area contributed by atoms with Gasteiger partial charge in [-0.05, 0) is 6.42 Å². The summed E-state index contributed by atoms with van der Waals surface area (Å²) in [6.07, 6.45) is -0.496. The van der Waals surface area contributed by atoms with Crippen LogP contribution >= 0.6 is 0 Å². The molecule has 0 aromatic carbocycles. The van der Waals surface area contributed by atoms with Gasteiger partial charge in [-0.3, -0.25) is 4.79 Å². The smallest absolute Gasteiger partial charge is 0.207 e. The fourth-order valence-corrected chi connectivity index (χ4v) is 0.502. The Labute approximate surface area is 53.5 Å². The zero-order chi connectivity index (χ0) is 7.28. The molecule has 0 heterocycles. The van der Waals surface area contributed by atoms with Crippen LogP contribution < -0.4 is 5.32 Å². The van der Waals surface area contributed by atoms with E-state index in [9.17, 15) is 4.79 Å². The Morgan fingerprint density at radius 1 is 1.67 bits per heavy atom. The van der Waals surface area contributed by atoms with Crippen LogP contribution in [-0.2, 0) is 4.79 Å². The number of amides is 1. The van der Waals surface area contributed by atoms with Crippen molar-refractivity contribution in [3.05, 3.63) is 0 Å². The molecular weight excluding hydrogens is 122 g/mol. The van der Waals surface area contributed by atoms with Crippen molar-refractivity contribution >= 4 is 6.41 Å². The highest BCUT2D eigenvalue weighted by Gasteiger charge is 2.11. The van der Waals surface area contributed by atoms with Gasteiger partial charge in [0, 0.05) is 0 Å². The molecule has 0 aliphatic carbocycles. The second kappa shape index (κ2) is 4.29. The van der Waals surface area contributed by atoms with E-state index in [0.717, 1.165) is 0 Å². The van der Waals surface area contributed by atoms with Gasteiger partial charge in [-0.25, -0.2) is 0 Å². The lowest BCUT2D eigenvalue weighted by molar-refractivity contribution is -0.115. The minimum Gasteiger partial charge on any atom is -0.366 e. The second-order valence-corrected chi connectivity index (χ2v) is 1.71. The first-order valence-corrected chi connectivity index (χ1v) is 2.78. The van der Waals surface area contributed by atoms with Gasteiger partial charge in [-0.15, -0.1) is 0 Å². The van der Waals surface area contributed by atoms with Gasteiger partial charge in [-0.2, -0.15) is 0 Å². The Hall–Kier alpha value is -0.610. The van der Waals surface area contributed by atoms with Crippen LogP contribution in [0.3, 0.4) is 0 Å². The summed E-state index contributed by atoms with van der Waals surface area (Å²) in [6, 6.07) is -0.539. The number of carbonyl (C=O) groups is 1. The largest absolute Gasteiger partial charge is 0.366 e. The summed E-state index contributed by atoms with van der Waals surface area (Å²) in [4.78, 5) is 9.75. The molecule has 0 aromatic rings. The molecule has 0 fully saturated rings. The fourth-order valence-electron chi connectivity index (χ4n) is 0.502. The molecule has 0 rings (SSSR count). The Morgan fingerprint density at radius 2 is 2.22 bits per heavy atom. The predicted octanol–water partition coefficient (Wildman–Crippen LogP) is -1.18. The lowest BCUT2D eigenvalue weighted by Gasteiger charge is -2.14. The Bertz CT molecular complexity index is 84.3. The number of carbonyl (C=O) groups excluding carboxylic acids is 1. The molecule has 0 aromatic heterocycles. The van der Waals surface area contributed by atoms with Crippen LogP contribution in [0.2, 0.25) is 0 Å². The molecule has 4 nitrogen and oxygen atoms in total. The lowest BCUT2D eigenvalue weighted by Crippen LogP contribution is -2.38. The van der Waals surface area contributed by atoms with E-state index in [1.165, 1.54) is 0 Å². The number of rotatable bonds is 4. The maximum atomic E-state index is 9.75. The number of aliphatic hydroxyl groups is 2. The molecular formula is C5H11NO3. The zero-order valence-corrected chi connectivity index (χ0v) is 5.24. The third-order valence-corrected chi connectivity index (χ3v) is 1.08. The Kier molecular flexibility index (Phi) is 4.00. The minimum absolute atomic E-state index is 0.452. The van der Waals surface area contributed by atoms with E-state index < -0.39 is 12.3 Å². The summed E-state index contributed by atoms with van der Waals surface area (Å²) in [6.45, 7) is 1.75. The first kappa shape index (κ1) is 8.39. The number of hydrogen-bond acceptors (Lipinski definition) is 3. The van der Waals surface area contributed by atoms with Gasteiger partial charge in [0.05, 0.1) is 6.04 Å². The maximum absolute atomic E-state index is 9.75. The lowest BCUT2D eigenvalue weighted by atomic mass is 10.2. The van der Waals surface area contributed by atoms with Gasteiger partial charge in [0.15, 0.2) is 6.29 Å². The molecule has 0 saturated carbocycles. The van der Waals surface area contributed by atoms with Crippen molar-refractivity contribution in [1.29, 1.82) is 0 Å². The first-order valence-electron chi connectivity index (χ1n) is 2.78. The van der Waals surface area contributed by atoms with Crippen LogP contribution in [0.4, 0.5) is 0 Å². The second-order valence-electron chi connectivity index (χ2n) is 1.71. The normalized spacial score (nSPS) is 13.3. The topological polar surface area (TPSA) is 69.6 Å². The Balaban J connectivity index is 3.53. The summed E-state index contributed by atoms with van der Waals surface area (Å²) < 4.78 is 0. The van der Waals surface area contributed by atoms with Crippen molar-refractivity contribution < 1.29 is 15.0 Å². The van der Waals surface area contributed by atoms with Crippen LogP contribution in [0.25, 0.3) is 0 Å². The van der Waals surface area contributed by atoms with Gasteiger partial charge in [0.2, 0.25) is 6.41 Å². The van der Waals surface area contributed by atoms with Gasteiger partial charge >= 0.3 is 0 Å². The van der Waals surface area contributed by atoms with Crippen molar-refractivity contribution in [3.63, 3.8) is 0 Å². The highest BCUT2D eigenvalue weighted by Crippen LogP contribution is 1.92. The van der Waals surface area contributed by atoms with Crippen molar-refractivity contribution in [1.82, 2.24) is 5.32 Å². The molecule has 4 heteroatoms. The molecule has 0 saturated heterocycles. The van der Waals surface area contributed by atoms with Gasteiger partial charge < -0.3 is 15.5 Å². The molecule has 0 aliphatic rings. The highest BCUT2D eigenvalue weighted by molar-refractivity contribution is 5.46. The van der Waals surface area contributed by atoms with Crippen LogP contribution in [0.15, 0.2) is 0 Å². The summed E-state index contributed by atoms with van der Waals surface area (Å²) in [7, 11) is 0. The predicted molar refractivity (Wildman–Crippen MR) is 31.5 cm³/mol. The Morgan fingerprint density at radius 3 is 2.33 bits per heavy atom. The SMILES string of the molecule is CC[C@H](NC=O)C(O)O. The van der Waals surface area contributed by atoms with Crippen molar-refractivity contribution in [2.45, 2.75) is 25.7 Å². The van der Waals surface area contributed by atoms with Gasteiger partial charge in [-0.1, -0.05) is 6.92 Å². The number of hydrogen-bond donors (Lipinski definition) is 3. The molecule has 0 spiro atoms. The highest BCUT2D eigenvalue weighted by atomic mass is 16.5. The van der Waals surface area contributed by atoms with Crippen molar-refractivity contribution in [3.8, 4) is 0 Å². The molecule has 0 bridgehead atoms. The molecule has 0 unspecified atom stereocenters. The van der Waals surface area contributed by atoms with E-state index in [4.69, 9.17) is 10.2 Å². The summed E-state index contributed by atoms with van der Waals surface area (Å²) >= 11 is 0. The molecule has 3 N–H and O–H groups in total. The van der Waals surface area contributed by atoms with Crippen molar-refractivity contribution in [2.75, 3.05) is 0 Å². The monoisotopic (exact) mass is 133 g/mol. The van der Waals surface area contributed by atoms with Crippen LogP contribution in [0.1, 0.15) is 13.3 Å².